The summed E-state index contributed by atoms with van der Waals surface area (Å²) in [5, 5.41) is 1.79. The van der Waals surface area contributed by atoms with Gasteiger partial charge in [-0.25, -0.2) is 13.2 Å². The Kier molecular flexibility index (Phi) is 5.19. The predicted molar refractivity (Wildman–Crippen MR) is 98.4 cm³/mol. The zero-order valence-corrected chi connectivity index (χ0v) is 16.1. The number of esters is 1. The van der Waals surface area contributed by atoms with Crippen LogP contribution in [0, 0.1) is 0 Å². The highest BCUT2D eigenvalue weighted by atomic mass is 32.2. The van der Waals surface area contributed by atoms with E-state index in [0.717, 1.165) is 0 Å². The monoisotopic (exact) mass is 396 g/mol. The standard InChI is InChI=1S/C17H20N2O5S2/c1-12(16(20)18(2)13-6-10-26(22,23)11-13)24-17(21)15-14(5-9-25-15)19-7-3-4-8-19/h3-5,7-9,12-13H,6,10-11H2,1-2H3. The van der Waals surface area contributed by atoms with Gasteiger partial charge in [0.15, 0.2) is 15.9 Å². The molecule has 0 N–H and O–H groups in total. The molecule has 0 radical (unpaired) electrons. The highest BCUT2D eigenvalue weighted by Crippen LogP contribution is 2.23. The van der Waals surface area contributed by atoms with Gasteiger partial charge in [-0.05, 0) is 36.9 Å². The molecule has 140 valence electrons. The fourth-order valence-corrected chi connectivity index (χ4v) is 5.51. The number of aromatic nitrogens is 1. The third-order valence-electron chi connectivity index (χ3n) is 4.45. The Bertz CT molecular complexity index is 901. The van der Waals surface area contributed by atoms with Crippen molar-refractivity contribution in [2.45, 2.75) is 25.5 Å². The summed E-state index contributed by atoms with van der Waals surface area (Å²) in [4.78, 5) is 26.8. The van der Waals surface area contributed by atoms with Crippen LogP contribution in [0.5, 0.6) is 0 Å². The van der Waals surface area contributed by atoms with Crippen molar-refractivity contribution in [3.05, 3.63) is 40.8 Å². The quantitative estimate of drug-likeness (QED) is 0.719. The first kappa shape index (κ1) is 18.7. The molecule has 3 rings (SSSR count). The molecule has 1 aliphatic rings. The second-order valence-corrected chi connectivity index (χ2v) is 9.42. The Hall–Kier alpha value is -2.13. The summed E-state index contributed by atoms with van der Waals surface area (Å²) in [6.45, 7) is 1.50. The third kappa shape index (κ3) is 3.83. The maximum absolute atomic E-state index is 12.5. The number of amides is 1. The minimum absolute atomic E-state index is 0.0430. The lowest BCUT2D eigenvalue weighted by Crippen LogP contribution is -2.44. The largest absolute Gasteiger partial charge is 0.448 e. The molecule has 7 nitrogen and oxygen atoms in total. The van der Waals surface area contributed by atoms with E-state index in [1.165, 1.54) is 23.2 Å². The minimum atomic E-state index is -3.09. The van der Waals surface area contributed by atoms with Gasteiger partial charge in [-0.1, -0.05) is 0 Å². The summed E-state index contributed by atoms with van der Waals surface area (Å²) in [6.07, 6.45) is 3.06. The van der Waals surface area contributed by atoms with Gasteiger partial charge < -0.3 is 14.2 Å². The maximum atomic E-state index is 12.5. The molecule has 0 bridgehead atoms. The average Bonchev–Trinajstić information content (AvgIpc) is 3.32. The molecule has 1 amide bonds. The van der Waals surface area contributed by atoms with Gasteiger partial charge in [0.05, 0.1) is 17.2 Å². The molecule has 0 saturated carbocycles. The number of hydrogen-bond acceptors (Lipinski definition) is 6. The Morgan fingerprint density at radius 1 is 1.35 bits per heavy atom. The summed E-state index contributed by atoms with van der Waals surface area (Å²) >= 11 is 1.24. The van der Waals surface area contributed by atoms with E-state index in [4.69, 9.17) is 4.74 Å². The summed E-state index contributed by atoms with van der Waals surface area (Å²) in [5.74, 6) is -0.936. The lowest BCUT2D eigenvalue weighted by atomic mass is 10.2. The van der Waals surface area contributed by atoms with E-state index >= 15 is 0 Å². The molecular formula is C17H20N2O5S2. The van der Waals surface area contributed by atoms with Crippen LogP contribution in [0.25, 0.3) is 5.69 Å². The van der Waals surface area contributed by atoms with E-state index in [0.29, 0.717) is 17.0 Å². The summed E-state index contributed by atoms with van der Waals surface area (Å²) < 4.78 is 30.3. The van der Waals surface area contributed by atoms with Crippen molar-refractivity contribution in [1.29, 1.82) is 0 Å². The van der Waals surface area contributed by atoms with E-state index in [1.807, 2.05) is 30.6 Å². The molecule has 26 heavy (non-hydrogen) atoms. The van der Waals surface area contributed by atoms with Crippen molar-refractivity contribution in [3.63, 3.8) is 0 Å². The molecule has 2 atom stereocenters. The van der Waals surface area contributed by atoms with Crippen LogP contribution in [0.1, 0.15) is 23.0 Å². The van der Waals surface area contributed by atoms with Crippen LogP contribution in [-0.4, -0.2) is 60.5 Å². The van der Waals surface area contributed by atoms with Crippen LogP contribution in [0.2, 0.25) is 0 Å². The first-order valence-electron chi connectivity index (χ1n) is 8.17. The third-order valence-corrected chi connectivity index (χ3v) is 7.08. The SMILES string of the molecule is CC(OC(=O)c1sccc1-n1cccc1)C(=O)N(C)C1CCS(=O)(=O)C1. The molecule has 0 aliphatic carbocycles. The number of carbonyl (C=O) groups is 2. The van der Waals surface area contributed by atoms with E-state index in [2.05, 4.69) is 0 Å². The molecule has 3 heterocycles. The predicted octanol–water partition coefficient (Wildman–Crippen LogP) is 1.73. The van der Waals surface area contributed by atoms with Crippen LogP contribution in [0.4, 0.5) is 0 Å². The highest BCUT2D eigenvalue weighted by Gasteiger charge is 2.35. The number of ether oxygens (including phenoxy) is 1. The van der Waals surface area contributed by atoms with Gasteiger partial charge in [0, 0.05) is 25.5 Å². The van der Waals surface area contributed by atoms with Crippen molar-refractivity contribution < 1.29 is 22.7 Å². The maximum Gasteiger partial charge on any atom is 0.351 e. The lowest BCUT2D eigenvalue weighted by Gasteiger charge is -2.26. The van der Waals surface area contributed by atoms with Crippen molar-refractivity contribution in [2.24, 2.45) is 0 Å². The highest BCUT2D eigenvalue weighted by molar-refractivity contribution is 7.91. The molecule has 0 spiro atoms. The fraction of sp³-hybridized carbons (Fsp3) is 0.412. The molecule has 2 unspecified atom stereocenters. The molecule has 1 fully saturated rings. The van der Waals surface area contributed by atoms with Crippen LogP contribution in [0.15, 0.2) is 36.0 Å². The second-order valence-electron chi connectivity index (χ2n) is 6.28. The summed E-state index contributed by atoms with van der Waals surface area (Å²) in [5.41, 5.74) is 0.694. The fourth-order valence-electron chi connectivity index (χ4n) is 2.97. The van der Waals surface area contributed by atoms with Gasteiger partial charge >= 0.3 is 5.97 Å². The van der Waals surface area contributed by atoms with E-state index < -0.39 is 27.8 Å². The van der Waals surface area contributed by atoms with Gasteiger partial charge in [0.25, 0.3) is 5.91 Å². The van der Waals surface area contributed by atoms with Crippen LogP contribution >= 0.6 is 11.3 Å². The molecule has 9 heteroatoms. The number of hydrogen-bond donors (Lipinski definition) is 0. The van der Waals surface area contributed by atoms with Gasteiger partial charge in [-0.3, -0.25) is 4.79 Å². The smallest absolute Gasteiger partial charge is 0.351 e. The summed E-state index contributed by atoms with van der Waals surface area (Å²) in [6, 6.07) is 5.14. The van der Waals surface area contributed by atoms with Crippen molar-refractivity contribution in [2.75, 3.05) is 18.6 Å². The van der Waals surface area contributed by atoms with Crippen molar-refractivity contribution >= 4 is 33.1 Å². The Morgan fingerprint density at radius 3 is 2.65 bits per heavy atom. The molecule has 1 saturated heterocycles. The number of thiophene rings is 1. The minimum Gasteiger partial charge on any atom is -0.448 e. The molecular weight excluding hydrogens is 376 g/mol. The second kappa shape index (κ2) is 7.24. The van der Waals surface area contributed by atoms with Gasteiger partial charge in [-0.15, -0.1) is 11.3 Å². The summed E-state index contributed by atoms with van der Waals surface area (Å²) in [7, 11) is -1.54. The molecule has 0 aromatic carbocycles. The first-order valence-corrected chi connectivity index (χ1v) is 10.9. The average molecular weight is 396 g/mol. The van der Waals surface area contributed by atoms with E-state index in [9.17, 15) is 18.0 Å². The van der Waals surface area contributed by atoms with Gasteiger partial charge in [0.2, 0.25) is 0 Å². The van der Waals surface area contributed by atoms with Crippen LogP contribution in [-0.2, 0) is 19.4 Å². The zero-order valence-electron chi connectivity index (χ0n) is 14.5. The zero-order chi connectivity index (χ0) is 18.9. The molecule has 2 aromatic rings. The van der Waals surface area contributed by atoms with E-state index in [-0.39, 0.29) is 17.5 Å². The van der Waals surface area contributed by atoms with Crippen LogP contribution < -0.4 is 0 Å². The normalized spacial score (nSPS) is 19.8. The number of rotatable bonds is 5. The number of likely N-dealkylation sites (N-methyl/N-ethyl adjacent to an activating group) is 1. The van der Waals surface area contributed by atoms with Gasteiger partial charge in [-0.2, -0.15) is 0 Å². The Balaban J connectivity index is 1.66. The van der Waals surface area contributed by atoms with Crippen molar-refractivity contribution in [1.82, 2.24) is 9.47 Å². The topological polar surface area (TPSA) is 85.7 Å². The lowest BCUT2D eigenvalue weighted by molar-refractivity contribution is -0.140. The molecule has 2 aromatic heterocycles. The number of sulfone groups is 1. The van der Waals surface area contributed by atoms with Crippen molar-refractivity contribution in [3.8, 4) is 5.69 Å². The Morgan fingerprint density at radius 2 is 2.04 bits per heavy atom. The molecule has 1 aliphatic heterocycles. The number of nitrogens with zero attached hydrogens (tertiary/aromatic N) is 2. The number of carbonyl (C=O) groups excluding carboxylic acids is 2. The first-order chi connectivity index (χ1) is 12.3. The Labute approximate surface area is 156 Å². The van der Waals surface area contributed by atoms with Crippen LogP contribution in [0.3, 0.4) is 0 Å². The van der Waals surface area contributed by atoms with E-state index in [1.54, 1.807) is 17.0 Å². The van der Waals surface area contributed by atoms with Gasteiger partial charge in [0.1, 0.15) is 4.88 Å².